The third-order valence-electron chi connectivity index (χ3n) is 7.54. The van der Waals surface area contributed by atoms with Gasteiger partial charge in [0, 0.05) is 11.3 Å². The number of aliphatic hydroxyl groups excluding tert-OH is 1. The van der Waals surface area contributed by atoms with E-state index < -0.39 is 23.3 Å². The highest BCUT2D eigenvalue weighted by molar-refractivity contribution is 5.88. The topological polar surface area (TPSA) is 66.8 Å². The molecular weight excluding hydrogens is 414 g/mol. The molecule has 0 radical (unpaired) electrons. The van der Waals surface area contributed by atoms with Gasteiger partial charge < -0.3 is 14.9 Å². The van der Waals surface area contributed by atoms with Gasteiger partial charge in [-0.2, -0.15) is 0 Å². The first kappa shape index (κ1) is 21.1. The summed E-state index contributed by atoms with van der Waals surface area (Å²) >= 11 is 0. The number of aliphatic hydroxyl groups is 1. The smallest absolute Gasteiger partial charge is 0.338 e. The van der Waals surface area contributed by atoms with E-state index in [9.17, 15) is 23.8 Å². The minimum Gasteiger partial charge on any atom is -0.487 e. The van der Waals surface area contributed by atoms with E-state index in [0.717, 1.165) is 32.1 Å². The number of ether oxygens (including phenoxy) is 1. The molecule has 2 N–H and O–H groups in total. The van der Waals surface area contributed by atoms with E-state index in [1.807, 2.05) is 6.08 Å². The molecule has 0 bridgehead atoms. The molecule has 4 nitrogen and oxygen atoms in total. The number of fused-ring (bicyclic) bond motifs is 2. The van der Waals surface area contributed by atoms with Crippen molar-refractivity contribution in [2.75, 3.05) is 0 Å². The van der Waals surface area contributed by atoms with Crippen LogP contribution in [-0.2, 0) is 11.8 Å². The summed E-state index contributed by atoms with van der Waals surface area (Å²) < 4.78 is 35.1. The van der Waals surface area contributed by atoms with Gasteiger partial charge in [0.05, 0.1) is 11.7 Å². The number of aryl methyl sites for hydroxylation is 1. The monoisotopic (exact) mass is 440 g/mol. The third-order valence-corrected chi connectivity index (χ3v) is 7.54. The van der Waals surface area contributed by atoms with Crippen LogP contribution in [0.5, 0.6) is 5.75 Å². The Morgan fingerprint density at radius 2 is 1.91 bits per heavy atom. The zero-order valence-corrected chi connectivity index (χ0v) is 17.6. The molecule has 2 aliphatic carbocycles. The third kappa shape index (κ3) is 3.51. The Morgan fingerprint density at radius 3 is 2.62 bits per heavy atom. The molecule has 2 saturated carbocycles. The van der Waals surface area contributed by atoms with Gasteiger partial charge in [0.25, 0.3) is 0 Å². The van der Waals surface area contributed by atoms with Crippen molar-refractivity contribution in [2.45, 2.75) is 56.1 Å². The fraction of sp³-hybridized carbons (Fsp3) is 0.423. The molecule has 5 rings (SSSR count). The molecule has 1 heterocycles. The first-order valence-electron chi connectivity index (χ1n) is 11.2. The molecule has 0 spiro atoms. The minimum absolute atomic E-state index is 0.0681. The molecule has 0 amide bonds. The van der Waals surface area contributed by atoms with E-state index in [0.29, 0.717) is 17.5 Å². The van der Waals surface area contributed by atoms with Crippen molar-refractivity contribution in [1.82, 2.24) is 0 Å². The average Bonchev–Trinajstić information content (AvgIpc) is 3.52. The molecule has 3 aliphatic rings. The Hall–Kier alpha value is -2.73. The van der Waals surface area contributed by atoms with Crippen molar-refractivity contribution in [2.24, 2.45) is 11.8 Å². The van der Waals surface area contributed by atoms with Gasteiger partial charge in [-0.15, -0.1) is 0 Å². The highest BCUT2D eigenvalue weighted by Gasteiger charge is 2.51. The summed E-state index contributed by atoms with van der Waals surface area (Å²) in [7, 11) is 0. The Kier molecular flexibility index (Phi) is 5.28. The van der Waals surface area contributed by atoms with E-state index in [2.05, 4.69) is 0 Å². The lowest BCUT2D eigenvalue weighted by Crippen LogP contribution is -2.26. The van der Waals surface area contributed by atoms with Crippen LogP contribution in [0.25, 0.3) is 0 Å². The van der Waals surface area contributed by atoms with Crippen LogP contribution in [0.2, 0.25) is 0 Å². The molecule has 6 heteroatoms. The van der Waals surface area contributed by atoms with Gasteiger partial charge in [0.15, 0.2) is 11.6 Å². The van der Waals surface area contributed by atoms with Gasteiger partial charge in [-0.3, -0.25) is 0 Å². The molecule has 0 aromatic heterocycles. The van der Waals surface area contributed by atoms with Gasteiger partial charge in [0.1, 0.15) is 11.9 Å². The quantitative estimate of drug-likeness (QED) is 0.640. The number of carbonyl (C=O) groups is 1. The van der Waals surface area contributed by atoms with Crippen molar-refractivity contribution in [3.63, 3.8) is 0 Å². The van der Waals surface area contributed by atoms with Crippen molar-refractivity contribution >= 4 is 5.97 Å². The van der Waals surface area contributed by atoms with Crippen LogP contribution in [0.3, 0.4) is 0 Å². The molecule has 4 atom stereocenters. The standard InChI is InChI=1S/C26H26F2O4/c27-20-4-2-1-3-19(20)26(13-14-26)22(29)12-8-15-7-11-21-17(15)9-5-16-6-10-18(25(30)31)23(28)24(16)32-21/h1-4,6,8,10,12,15,17,21-22,29H,5,7,9,11,13-14H2,(H,30,31)/b12-8+/t15-,17-,21+,22?/m1/s1. The normalized spacial score (nSPS) is 26.7. The number of halogens is 2. The van der Waals surface area contributed by atoms with E-state index in [-0.39, 0.29) is 35.1 Å². The van der Waals surface area contributed by atoms with Crippen LogP contribution in [0.4, 0.5) is 8.78 Å². The minimum atomic E-state index is -1.31. The van der Waals surface area contributed by atoms with Gasteiger partial charge >= 0.3 is 5.97 Å². The van der Waals surface area contributed by atoms with Crippen molar-refractivity contribution in [1.29, 1.82) is 0 Å². The maximum atomic E-state index is 14.7. The lowest BCUT2D eigenvalue weighted by atomic mass is 9.86. The van der Waals surface area contributed by atoms with Gasteiger partial charge in [0.2, 0.25) is 0 Å². The largest absolute Gasteiger partial charge is 0.487 e. The van der Waals surface area contributed by atoms with E-state index in [1.54, 1.807) is 30.3 Å². The van der Waals surface area contributed by atoms with Crippen molar-refractivity contribution < 1.29 is 28.5 Å². The Bertz CT molecular complexity index is 1080. The summed E-state index contributed by atoms with van der Waals surface area (Å²) in [6.45, 7) is 0. The first-order valence-corrected chi connectivity index (χ1v) is 11.2. The second-order valence-corrected chi connectivity index (χ2v) is 9.29. The summed E-state index contributed by atoms with van der Waals surface area (Å²) in [5.74, 6) is -2.00. The SMILES string of the molecule is O=C(O)c1ccc2c(c1F)O[C@H]1CC[C@H](/C=C/C(O)C3(c4ccccc4F)CC3)[C@H]1CC2. The van der Waals surface area contributed by atoms with Crippen molar-refractivity contribution in [3.05, 3.63) is 76.9 Å². The van der Waals surface area contributed by atoms with Crippen LogP contribution in [0.1, 0.15) is 53.6 Å². The van der Waals surface area contributed by atoms with E-state index in [4.69, 9.17) is 4.74 Å². The fourth-order valence-electron chi connectivity index (χ4n) is 5.56. The predicted octanol–water partition coefficient (Wildman–Crippen LogP) is 5.03. The van der Waals surface area contributed by atoms with Gasteiger partial charge in [-0.05, 0) is 67.7 Å². The fourth-order valence-corrected chi connectivity index (χ4v) is 5.56. The van der Waals surface area contributed by atoms with Gasteiger partial charge in [-0.25, -0.2) is 13.6 Å². The number of hydrogen-bond donors (Lipinski definition) is 2. The van der Waals surface area contributed by atoms with Crippen LogP contribution in [-0.4, -0.2) is 28.4 Å². The molecule has 168 valence electrons. The number of rotatable bonds is 5. The molecule has 1 aliphatic heterocycles. The number of carboxylic acids is 1. The summed E-state index contributed by atoms with van der Waals surface area (Å²) in [5.41, 5.74) is 0.343. The van der Waals surface area contributed by atoms with Crippen LogP contribution in [0.15, 0.2) is 48.6 Å². The summed E-state index contributed by atoms with van der Waals surface area (Å²) in [4.78, 5) is 11.3. The zero-order valence-electron chi connectivity index (χ0n) is 17.6. The molecule has 2 aromatic carbocycles. The van der Waals surface area contributed by atoms with Gasteiger partial charge in [-0.1, -0.05) is 36.4 Å². The van der Waals surface area contributed by atoms with E-state index >= 15 is 0 Å². The maximum Gasteiger partial charge on any atom is 0.338 e. The second kappa shape index (κ2) is 8.00. The molecular formula is C26H26F2O4. The number of hydrogen-bond acceptors (Lipinski definition) is 3. The molecule has 1 unspecified atom stereocenters. The lowest BCUT2D eigenvalue weighted by molar-refractivity contribution is 0.0689. The van der Waals surface area contributed by atoms with Crippen LogP contribution >= 0.6 is 0 Å². The Labute approximate surface area is 185 Å². The predicted molar refractivity (Wildman–Crippen MR) is 115 cm³/mol. The molecule has 32 heavy (non-hydrogen) atoms. The number of aromatic carboxylic acids is 1. The summed E-state index contributed by atoms with van der Waals surface area (Å²) in [6.07, 6.45) is 7.36. The number of allylic oxidation sites excluding steroid dienone is 1. The highest BCUT2D eigenvalue weighted by Crippen LogP contribution is 2.52. The Morgan fingerprint density at radius 1 is 1.12 bits per heavy atom. The molecule has 2 aromatic rings. The number of benzene rings is 2. The molecule has 0 saturated heterocycles. The maximum absolute atomic E-state index is 14.7. The second-order valence-electron chi connectivity index (χ2n) is 9.29. The highest BCUT2D eigenvalue weighted by atomic mass is 19.1. The van der Waals surface area contributed by atoms with Crippen LogP contribution < -0.4 is 4.74 Å². The summed E-state index contributed by atoms with van der Waals surface area (Å²) in [6, 6.07) is 9.58. The average molecular weight is 440 g/mol. The molecule has 2 fully saturated rings. The summed E-state index contributed by atoms with van der Waals surface area (Å²) in [5, 5.41) is 20.1. The Balaban J connectivity index is 1.32. The van der Waals surface area contributed by atoms with Crippen LogP contribution in [0, 0.1) is 23.5 Å². The van der Waals surface area contributed by atoms with Crippen molar-refractivity contribution in [3.8, 4) is 5.75 Å². The zero-order chi connectivity index (χ0) is 22.5. The first-order chi connectivity index (χ1) is 15.4. The number of carboxylic acid groups (broad SMARTS) is 1. The van der Waals surface area contributed by atoms with E-state index in [1.165, 1.54) is 12.1 Å². The lowest BCUT2D eigenvalue weighted by Gasteiger charge is -2.23.